The number of halogens is 5. The second kappa shape index (κ2) is 6.07. The van der Waals surface area contributed by atoms with E-state index in [1.54, 1.807) is 18.2 Å². The van der Waals surface area contributed by atoms with E-state index in [4.69, 9.17) is 11.6 Å². The van der Waals surface area contributed by atoms with E-state index in [1.165, 1.54) is 7.05 Å². The van der Waals surface area contributed by atoms with Crippen LogP contribution in [0.4, 0.5) is 13.2 Å². The van der Waals surface area contributed by atoms with Crippen molar-refractivity contribution in [1.82, 2.24) is 5.32 Å². The molecule has 0 aliphatic carbocycles. The van der Waals surface area contributed by atoms with E-state index in [-0.39, 0.29) is 6.42 Å². The Morgan fingerprint density at radius 1 is 1.41 bits per heavy atom. The molecule has 96 valence electrons. The maximum absolute atomic E-state index is 12.3. The van der Waals surface area contributed by atoms with Crippen molar-refractivity contribution >= 4 is 27.5 Å². The highest BCUT2D eigenvalue weighted by atomic mass is 79.9. The minimum absolute atomic E-state index is 0.252. The van der Waals surface area contributed by atoms with Crippen LogP contribution in [0.3, 0.4) is 0 Å². The third-order valence-electron chi connectivity index (χ3n) is 2.37. The first-order valence-electron chi connectivity index (χ1n) is 5.00. The summed E-state index contributed by atoms with van der Waals surface area (Å²) in [5, 5.41) is 3.13. The van der Waals surface area contributed by atoms with Gasteiger partial charge in [0.2, 0.25) is 0 Å². The van der Waals surface area contributed by atoms with Gasteiger partial charge in [0, 0.05) is 15.5 Å². The molecule has 1 nitrogen and oxygen atoms in total. The molecule has 0 aromatic heterocycles. The van der Waals surface area contributed by atoms with Gasteiger partial charge in [0.25, 0.3) is 0 Å². The molecule has 0 saturated heterocycles. The number of likely N-dealkylation sites (N-methyl/N-ethyl adjacent to an activating group) is 1. The van der Waals surface area contributed by atoms with E-state index in [0.29, 0.717) is 10.6 Å². The number of rotatable bonds is 4. The van der Waals surface area contributed by atoms with Gasteiger partial charge < -0.3 is 5.32 Å². The second-order valence-corrected chi connectivity index (χ2v) is 5.07. The van der Waals surface area contributed by atoms with Crippen molar-refractivity contribution in [3.8, 4) is 0 Å². The summed E-state index contributed by atoms with van der Waals surface area (Å²) in [6.45, 7) is 0. The first-order valence-corrected chi connectivity index (χ1v) is 6.17. The molecule has 0 bridgehead atoms. The largest absolute Gasteiger partial charge is 0.390 e. The van der Waals surface area contributed by atoms with Crippen LogP contribution in [-0.4, -0.2) is 19.3 Å². The highest BCUT2D eigenvalue weighted by molar-refractivity contribution is 9.10. The predicted molar refractivity (Wildman–Crippen MR) is 66.4 cm³/mol. The molecule has 0 spiro atoms. The van der Waals surface area contributed by atoms with Gasteiger partial charge in [0.15, 0.2) is 0 Å². The molecule has 17 heavy (non-hydrogen) atoms. The summed E-state index contributed by atoms with van der Waals surface area (Å²) in [6.07, 6.45) is -4.78. The van der Waals surface area contributed by atoms with Crippen LogP contribution in [0.5, 0.6) is 0 Å². The normalized spacial score (nSPS) is 13.8. The van der Waals surface area contributed by atoms with Crippen LogP contribution in [0.15, 0.2) is 22.7 Å². The van der Waals surface area contributed by atoms with Gasteiger partial charge >= 0.3 is 6.18 Å². The molecular weight excluding hydrogens is 318 g/mol. The number of benzene rings is 1. The molecule has 1 aromatic rings. The maximum Gasteiger partial charge on any atom is 0.390 e. The third kappa shape index (κ3) is 5.27. The lowest BCUT2D eigenvalue weighted by Gasteiger charge is -2.18. The zero-order chi connectivity index (χ0) is 13.1. The summed E-state index contributed by atoms with van der Waals surface area (Å²) >= 11 is 9.21. The van der Waals surface area contributed by atoms with Gasteiger partial charge in [-0.05, 0) is 31.2 Å². The Labute approximate surface area is 111 Å². The van der Waals surface area contributed by atoms with Crippen LogP contribution >= 0.6 is 27.5 Å². The van der Waals surface area contributed by atoms with Gasteiger partial charge in [-0.15, -0.1) is 0 Å². The Hall–Kier alpha value is -0.260. The van der Waals surface area contributed by atoms with E-state index in [1.807, 2.05) is 0 Å². The smallest absolute Gasteiger partial charge is 0.316 e. The fourth-order valence-electron chi connectivity index (χ4n) is 1.51. The fraction of sp³-hybridized carbons (Fsp3) is 0.455. The van der Waals surface area contributed by atoms with Crippen LogP contribution < -0.4 is 5.32 Å². The Morgan fingerprint density at radius 3 is 2.53 bits per heavy atom. The summed E-state index contributed by atoms with van der Waals surface area (Å²) in [4.78, 5) is 0. The molecule has 1 N–H and O–H groups in total. The molecule has 1 aromatic carbocycles. The van der Waals surface area contributed by atoms with Crippen LogP contribution in [-0.2, 0) is 6.42 Å². The lowest BCUT2D eigenvalue weighted by molar-refractivity contribution is -0.139. The van der Waals surface area contributed by atoms with Crippen molar-refractivity contribution in [2.75, 3.05) is 7.05 Å². The topological polar surface area (TPSA) is 12.0 Å². The summed E-state index contributed by atoms with van der Waals surface area (Å²) in [6, 6.07) is 4.51. The van der Waals surface area contributed by atoms with Crippen LogP contribution in [0.1, 0.15) is 12.0 Å². The fourth-order valence-corrected chi connectivity index (χ4v) is 2.26. The molecule has 6 heteroatoms. The second-order valence-electron chi connectivity index (χ2n) is 3.74. The molecule has 1 atom stereocenters. The minimum Gasteiger partial charge on any atom is -0.316 e. The average Bonchev–Trinajstić information content (AvgIpc) is 2.19. The van der Waals surface area contributed by atoms with Crippen molar-refractivity contribution in [2.24, 2.45) is 0 Å². The molecule has 0 aliphatic rings. The van der Waals surface area contributed by atoms with E-state index in [0.717, 1.165) is 4.47 Å². The lowest BCUT2D eigenvalue weighted by atomic mass is 10.0. The van der Waals surface area contributed by atoms with Gasteiger partial charge in [-0.1, -0.05) is 33.6 Å². The highest BCUT2D eigenvalue weighted by Gasteiger charge is 2.31. The zero-order valence-electron chi connectivity index (χ0n) is 9.11. The van der Waals surface area contributed by atoms with E-state index >= 15 is 0 Å². The summed E-state index contributed by atoms with van der Waals surface area (Å²) in [5.74, 6) is 0. The number of nitrogens with one attached hydrogen (secondary N) is 1. The molecule has 1 rings (SSSR count). The molecule has 0 heterocycles. The average molecular weight is 331 g/mol. The molecule has 0 saturated carbocycles. The minimum atomic E-state index is -4.17. The van der Waals surface area contributed by atoms with E-state index in [2.05, 4.69) is 21.2 Å². The Kier molecular flexibility index (Phi) is 5.28. The maximum atomic E-state index is 12.3. The van der Waals surface area contributed by atoms with Crippen molar-refractivity contribution in [3.05, 3.63) is 33.3 Å². The van der Waals surface area contributed by atoms with Gasteiger partial charge in [-0.25, -0.2) is 0 Å². The Bertz CT molecular complexity index is 381. The SMILES string of the molecule is CNC(Cc1ccc(Br)cc1Cl)CC(F)(F)F. The Morgan fingerprint density at radius 2 is 2.06 bits per heavy atom. The van der Waals surface area contributed by atoms with E-state index < -0.39 is 18.6 Å². The van der Waals surface area contributed by atoms with Crippen molar-refractivity contribution in [3.63, 3.8) is 0 Å². The molecule has 0 radical (unpaired) electrons. The highest BCUT2D eigenvalue weighted by Crippen LogP contribution is 2.26. The summed E-state index contributed by atoms with van der Waals surface area (Å²) < 4.78 is 37.6. The predicted octanol–water partition coefficient (Wildman–Crippen LogP) is 4.19. The van der Waals surface area contributed by atoms with Crippen LogP contribution in [0.2, 0.25) is 5.02 Å². The van der Waals surface area contributed by atoms with Gasteiger partial charge in [0.1, 0.15) is 0 Å². The number of hydrogen-bond acceptors (Lipinski definition) is 1. The third-order valence-corrected chi connectivity index (χ3v) is 3.21. The summed E-state index contributed by atoms with van der Waals surface area (Å²) in [5.41, 5.74) is 0.707. The van der Waals surface area contributed by atoms with Gasteiger partial charge in [-0.3, -0.25) is 0 Å². The Balaban J connectivity index is 2.74. The van der Waals surface area contributed by atoms with E-state index in [9.17, 15) is 13.2 Å². The van der Waals surface area contributed by atoms with Crippen molar-refractivity contribution < 1.29 is 13.2 Å². The number of alkyl halides is 3. The van der Waals surface area contributed by atoms with Gasteiger partial charge in [-0.2, -0.15) is 13.2 Å². The first-order chi connectivity index (χ1) is 7.81. The lowest BCUT2D eigenvalue weighted by Crippen LogP contribution is -2.33. The monoisotopic (exact) mass is 329 g/mol. The van der Waals surface area contributed by atoms with Crippen molar-refractivity contribution in [2.45, 2.75) is 25.1 Å². The van der Waals surface area contributed by atoms with Crippen LogP contribution in [0.25, 0.3) is 0 Å². The van der Waals surface area contributed by atoms with Crippen molar-refractivity contribution in [1.29, 1.82) is 0 Å². The van der Waals surface area contributed by atoms with Gasteiger partial charge in [0.05, 0.1) is 6.42 Å². The molecular formula is C11H12BrClF3N. The standard InChI is InChI=1S/C11H12BrClF3N/c1-17-9(6-11(14,15)16)4-7-2-3-8(12)5-10(7)13/h2-3,5,9,17H,4,6H2,1H3. The molecule has 0 aliphatic heterocycles. The quantitative estimate of drug-likeness (QED) is 0.873. The molecule has 0 amide bonds. The number of hydrogen-bond donors (Lipinski definition) is 1. The molecule has 0 fully saturated rings. The van der Waals surface area contributed by atoms with Crippen LogP contribution in [0, 0.1) is 0 Å². The summed E-state index contributed by atoms with van der Waals surface area (Å²) in [7, 11) is 1.52. The zero-order valence-corrected chi connectivity index (χ0v) is 11.5. The first kappa shape index (κ1) is 14.8. The molecule has 1 unspecified atom stereocenters.